The molecule has 1 aromatic heterocycles. The molecular formula is C17H16Cl2N2O3S. The van der Waals surface area contributed by atoms with Crippen LogP contribution in [0.4, 0.5) is 5.69 Å². The van der Waals surface area contributed by atoms with E-state index >= 15 is 0 Å². The number of para-hydroxylation sites is 1. The maximum absolute atomic E-state index is 12.2. The minimum absolute atomic E-state index is 0.199. The Morgan fingerprint density at radius 3 is 2.40 bits per heavy atom. The Hall–Kier alpha value is -1.76. The second-order valence-electron chi connectivity index (χ2n) is 5.50. The molecule has 0 spiro atoms. The highest BCUT2D eigenvalue weighted by Crippen LogP contribution is 2.26. The van der Waals surface area contributed by atoms with E-state index in [-0.39, 0.29) is 12.5 Å². The average molecular weight is 399 g/mol. The Morgan fingerprint density at radius 1 is 1.04 bits per heavy atom. The molecule has 1 fully saturated rings. The van der Waals surface area contributed by atoms with Crippen LogP contribution in [0.25, 0.3) is 0 Å². The van der Waals surface area contributed by atoms with Crippen LogP contribution in [0.15, 0.2) is 36.4 Å². The normalized spacial score (nSPS) is 14.5. The molecule has 2 heterocycles. The summed E-state index contributed by atoms with van der Waals surface area (Å²) in [7, 11) is 0. The number of hydrogen-bond donors (Lipinski definition) is 0. The Morgan fingerprint density at radius 2 is 1.76 bits per heavy atom. The van der Waals surface area contributed by atoms with Crippen LogP contribution in [0.5, 0.6) is 0 Å². The van der Waals surface area contributed by atoms with Crippen LogP contribution in [-0.4, -0.2) is 49.6 Å². The summed E-state index contributed by atoms with van der Waals surface area (Å²) < 4.78 is 5.58. The highest BCUT2D eigenvalue weighted by molar-refractivity contribution is 7.17. The second kappa shape index (κ2) is 8.08. The van der Waals surface area contributed by atoms with Gasteiger partial charge in [-0.3, -0.25) is 4.79 Å². The molecule has 0 unspecified atom stereocenters. The molecule has 1 aliphatic heterocycles. The lowest BCUT2D eigenvalue weighted by atomic mass is 10.2. The Bertz CT molecular complexity index is 773. The number of ether oxygens (including phenoxy) is 1. The van der Waals surface area contributed by atoms with Crippen LogP contribution in [0.1, 0.15) is 9.67 Å². The van der Waals surface area contributed by atoms with E-state index < -0.39 is 5.97 Å². The van der Waals surface area contributed by atoms with Crippen LogP contribution < -0.4 is 4.90 Å². The molecular weight excluding hydrogens is 383 g/mol. The molecule has 5 nitrogen and oxygen atoms in total. The number of amides is 1. The van der Waals surface area contributed by atoms with Crippen LogP contribution in [0.2, 0.25) is 9.36 Å². The lowest BCUT2D eigenvalue weighted by Gasteiger charge is -2.36. The number of anilines is 1. The zero-order valence-electron chi connectivity index (χ0n) is 13.3. The zero-order chi connectivity index (χ0) is 17.8. The minimum Gasteiger partial charge on any atom is -0.451 e. The number of nitrogens with zero attached hydrogens (tertiary/aromatic N) is 2. The van der Waals surface area contributed by atoms with E-state index in [4.69, 9.17) is 27.9 Å². The lowest BCUT2D eigenvalue weighted by molar-refractivity contribution is -0.134. The molecule has 0 radical (unpaired) electrons. The summed E-state index contributed by atoms with van der Waals surface area (Å²) in [5.74, 6) is -0.727. The number of thiophene rings is 1. The number of rotatable bonds is 4. The number of halogens is 2. The molecule has 132 valence electrons. The van der Waals surface area contributed by atoms with Gasteiger partial charge in [-0.2, -0.15) is 0 Å². The second-order valence-corrected chi connectivity index (χ2v) is 7.62. The van der Waals surface area contributed by atoms with Gasteiger partial charge in [0, 0.05) is 26.2 Å². The van der Waals surface area contributed by atoms with Gasteiger partial charge >= 0.3 is 5.97 Å². The van der Waals surface area contributed by atoms with Gasteiger partial charge in [0.25, 0.3) is 5.91 Å². The molecule has 1 aromatic carbocycles. The molecule has 1 amide bonds. The number of piperazine rings is 1. The largest absolute Gasteiger partial charge is 0.451 e. The van der Waals surface area contributed by atoms with E-state index in [1.165, 1.54) is 0 Å². The van der Waals surface area contributed by atoms with Gasteiger partial charge in [-0.15, -0.1) is 11.3 Å². The number of esters is 1. The van der Waals surface area contributed by atoms with Crippen molar-refractivity contribution in [2.75, 3.05) is 37.7 Å². The zero-order valence-corrected chi connectivity index (χ0v) is 15.6. The molecule has 1 aliphatic rings. The van der Waals surface area contributed by atoms with E-state index in [1.54, 1.807) is 17.0 Å². The number of hydrogen-bond acceptors (Lipinski definition) is 5. The molecule has 3 rings (SSSR count). The van der Waals surface area contributed by atoms with Crippen molar-refractivity contribution in [3.05, 3.63) is 50.6 Å². The fourth-order valence-electron chi connectivity index (χ4n) is 2.62. The molecule has 0 N–H and O–H groups in total. The van der Waals surface area contributed by atoms with Crippen molar-refractivity contribution in [1.29, 1.82) is 0 Å². The van der Waals surface area contributed by atoms with Crippen LogP contribution in [0.3, 0.4) is 0 Å². The third-order valence-electron chi connectivity index (χ3n) is 3.93. The highest BCUT2D eigenvalue weighted by atomic mass is 35.5. The van der Waals surface area contributed by atoms with Crippen LogP contribution in [0, 0.1) is 0 Å². The number of benzene rings is 1. The van der Waals surface area contributed by atoms with E-state index in [0.29, 0.717) is 40.4 Å². The van der Waals surface area contributed by atoms with Gasteiger partial charge in [0.1, 0.15) is 4.88 Å². The summed E-state index contributed by atoms with van der Waals surface area (Å²) in [5.41, 5.74) is 0.970. The van der Waals surface area contributed by atoms with Gasteiger partial charge in [-0.1, -0.05) is 35.3 Å². The van der Waals surface area contributed by atoms with Crippen molar-refractivity contribution < 1.29 is 14.3 Å². The Kier molecular flexibility index (Phi) is 5.83. The highest BCUT2D eigenvalue weighted by Gasteiger charge is 2.23. The van der Waals surface area contributed by atoms with Crippen LogP contribution in [-0.2, 0) is 9.53 Å². The summed E-state index contributed by atoms with van der Waals surface area (Å²) in [6.45, 7) is 2.23. The van der Waals surface area contributed by atoms with Crippen molar-refractivity contribution in [3.63, 3.8) is 0 Å². The van der Waals surface area contributed by atoms with E-state index in [9.17, 15) is 9.59 Å². The summed E-state index contributed by atoms with van der Waals surface area (Å²) in [4.78, 5) is 28.3. The Labute approximate surface area is 159 Å². The van der Waals surface area contributed by atoms with Gasteiger partial charge in [-0.25, -0.2) is 4.79 Å². The maximum atomic E-state index is 12.2. The average Bonchev–Trinajstić information content (AvgIpc) is 3.06. The predicted octanol–water partition coefficient (Wildman–Crippen LogP) is 3.56. The standard InChI is InChI=1S/C17H16Cl2N2O3S/c18-12-3-1-2-4-13(12)20-7-9-21(10-8-20)16(22)11-24-17(23)14-5-6-15(19)25-14/h1-6H,7-11H2. The first-order valence-electron chi connectivity index (χ1n) is 7.74. The quantitative estimate of drug-likeness (QED) is 0.738. The number of carbonyl (C=O) groups is 2. The monoisotopic (exact) mass is 398 g/mol. The SMILES string of the molecule is O=C(OCC(=O)N1CCN(c2ccccc2Cl)CC1)c1ccc(Cl)s1. The molecule has 1 saturated heterocycles. The third kappa shape index (κ3) is 4.45. The maximum Gasteiger partial charge on any atom is 0.348 e. The summed E-state index contributed by atoms with van der Waals surface area (Å²) >= 11 is 13.1. The van der Waals surface area contributed by atoms with E-state index in [2.05, 4.69) is 4.90 Å². The van der Waals surface area contributed by atoms with Gasteiger partial charge in [-0.05, 0) is 24.3 Å². The number of carbonyl (C=O) groups excluding carboxylic acids is 2. The van der Waals surface area contributed by atoms with Gasteiger partial charge < -0.3 is 14.5 Å². The topological polar surface area (TPSA) is 49.9 Å². The van der Waals surface area contributed by atoms with Crippen molar-refractivity contribution in [3.8, 4) is 0 Å². The molecule has 25 heavy (non-hydrogen) atoms. The Balaban J connectivity index is 1.48. The summed E-state index contributed by atoms with van der Waals surface area (Å²) in [6.07, 6.45) is 0. The van der Waals surface area contributed by atoms with E-state index in [0.717, 1.165) is 17.0 Å². The lowest BCUT2D eigenvalue weighted by Crippen LogP contribution is -2.50. The first-order chi connectivity index (χ1) is 12.0. The molecule has 0 atom stereocenters. The van der Waals surface area contributed by atoms with Crippen molar-refractivity contribution in [2.24, 2.45) is 0 Å². The van der Waals surface area contributed by atoms with E-state index in [1.807, 2.05) is 24.3 Å². The molecule has 0 aliphatic carbocycles. The van der Waals surface area contributed by atoms with Crippen molar-refractivity contribution in [1.82, 2.24) is 4.90 Å². The fourth-order valence-corrected chi connectivity index (χ4v) is 3.81. The minimum atomic E-state index is -0.528. The van der Waals surface area contributed by atoms with Gasteiger partial charge in [0.15, 0.2) is 6.61 Å². The first-order valence-corrected chi connectivity index (χ1v) is 9.31. The van der Waals surface area contributed by atoms with Crippen LogP contribution >= 0.6 is 34.5 Å². The fraction of sp³-hybridized carbons (Fsp3) is 0.294. The summed E-state index contributed by atoms with van der Waals surface area (Å²) in [5, 5.41) is 0.700. The summed E-state index contributed by atoms with van der Waals surface area (Å²) in [6, 6.07) is 10.9. The van der Waals surface area contributed by atoms with Crippen molar-refractivity contribution in [2.45, 2.75) is 0 Å². The molecule has 8 heteroatoms. The molecule has 0 bridgehead atoms. The molecule has 2 aromatic rings. The van der Waals surface area contributed by atoms with Gasteiger partial charge in [0.2, 0.25) is 0 Å². The predicted molar refractivity (Wildman–Crippen MR) is 99.9 cm³/mol. The first kappa shape index (κ1) is 18.0. The third-order valence-corrected chi connectivity index (χ3v) is 5.46. The smallest absolute Gasteiger partial charge is 0.348 e. The van der Waals surface area contributed by atoms with Gasteiger partial charge in [0.05, 0.1) is 15.0 Å². The molecule has 0 saturated carbocycles. The van der Waals surface area contributed by atoms with Crippen molar-refractivity contribution >= 4 is 52.1 Å².